The maximum Gasteiger partial charge on any atom is 0.264 e. The molecule has 1 N–H and O–H groups in total. The van der Waals surface area contributed by atoms with Crippen molar-refractivity contribution in [2.45, 2.75) is 44.7 Å². The lowest BCUT2D eigenvalue weighted by Crippen LogP contribution is -2.53. The molecule has 0 spiro atoms. The van der Waals surface area contributed by atoms with Gasteiger partial charge in [-0.2, -0.15) is 0 Å². The minimum atomic E-state index is -4.20. The molecule has 0 radical (unpaired) electrons. The van der Waals surface area contributed by atoms with Gasteiger partial charge < -0.3 is 15.0 Å². The number of ether oxygens (including phenoxy) is 1. The first kappa shape index (κ1) is 34.5. The lowest BCUT2D eigenvalue weighted by atomic mass is 10.0. The van der Waals surface area contributed by atoms with Gasteiger partial charge in [-0.3, -0.25) is 13.9 Å². The van der Waals surface area contributed by atoms with E-state index in [0.29, 0.717) is 17.3 Å². The number of carbonyl (C=O) groups is 2. The molecule has 242 valence electrons. The fraction of sp³-hybridized carbons (Fsp3) is 0.278. The molecule has 0 aliphatic heterocycles. The fourth-order valence-corrected chi connectivity index (χ4v) is 6.46. The van der Waals surface area contributed by atoms with Crippen molar-refractivity contribution in [1.29, 1.82) is 0 Å². The van der Waals surface area contributed by atoms with Crippen molar-refractivity contribution in [3.05, 3.63) is 125 Å². The van der Waals surface area contributed by atoms with Crippen LogP contribution in [0.2, 0.25) is 5.02 Å². The molecule has 0 bridgehead atoms. The molecular weight excluding hydrogens is 622 g/mol. The lowest BCUT2D eigenvalue weighted by Gasteiger charge is -2.34. The van der Waals surface area contributed by atoms with Crippen LogP contribution in [0.4, 0.5) is 5.69 Å². The molecule has 0 saturated heterocycles. The van der Waals surface area contributed by atoms with Crippen molar-refractivity contribution in [2.24, 2.45) is 5.92 Å². The Morgan fingerprint density at radius 2 is 1.52 bits per heavy atom. The Labute approximate surface area is 277 Å². The first-order valence-corrected chi connectivity index (χ1v) is 16.9. The quantitative estimate of drug-likeness (QED) is 0.172. The molecule has 10 heteroatoms. The molecule has 0 heterocycles. The van der Waals surface area contributed by atoms with Crippen LogP contribution in [0.1, 0.15) is 30.5 Å². The Bertz CT molecular complexity index is 1710. The summed E-state index contributed by atoms with van der Waals surface area (Å²) in [6, 6.07) is 28.5. The topological polar surface area (TPSA) is 96.0 Å². The number of nitrogens with zero attached hydrogens (tertiary/aromatic N) is 2. The van der Waals surface area contributed by atoms with Crippen molar-refractivity contribution < 1.29 is 22.7 Å². The van der Waals surface area contributed by atoms with E-state index >= 15 is 0 Å². The average molecular weight is 662 g/mol. The zero-order chi connectivity index (χ0) is 33.3. The number of amides is 2. The van der Waals surface area contributed by atoms with Gasteiger partial charge in [0.15, 0.2) is 0 Å². The third-order valence-corrected chi connectivity index (χ3v) is 9.49. The van der Waals surface area contributed by atoms with E-state index in [4.69, 9.17) is 16.3 Å². The highest BCUT2D eigenvalue weighted by atomic mass is 35.5. The Kier molecular flexibility index (Phi) is 11.8. The molecule has 4 aromatic rings. The number of halogens is 1. The van der Waals surface area contributed by atoms with Crippen LogP contribution >= 0.6 is 11.6 Å². The van der Waals surface area contributed by atoms with E-state index in [1.165, 1.54) is 17.0 Å². The highest BCUT2D eigenvalue weighted by Crippen LogP contribution is 2.27. The van der Waals surface area contributed by atoms with Gasteiger partial charge in [-0.15, -0.1) is 0 Å². The third-order valence-electron chi connectivity index (χ3n) is 7.45. The molecule has 4 aromatic carbocycles. The molecule has 0 aliphatic rings. The van der Waals surface area contributed by atoms with Gasteiger partial charge in [0.25, 0.3) is 10.0 Å². The van der Waals surface area contributed by atoms with Gasteiger partial charge in [-0.25, -0.2) is 8.42 Å². The molecule has 4 rings (SSSR count). The summed E-state index contributed by atoms with van der Waals surface area (Å²) in [6.07, 6.45) is 0.228. The number of aryl methyl sites for hydroxylation is 1. The Morgan fingerprint density at radius 3 is 2.15 bits per heavy atom. The maximum atomic E-state index is 14.5. The van der Waals surface area contributed by atoms with E-state index in [2.05, 4.69) is 5.32 Å². The van der Waals surface area contributed by atoms with Crippen LogP contribution in [0.5, 0.6) is 5.75 Å². The summed E-state index contributed by atoms with van der Waals surface area (Å²) in [5, 5.41) is 3.42. The first-order chi connectivity index (χ1) is 22.0. The second kappa shape index (κ2) is 15.8. The van der Waals surface area contributed by atoms with Crippen molar-refractivity contribution in [2.75, 3.05) is 24.5 Å². The summed E-state index contributed by atoms with van der Waals surface area (Å²) in [5.74, 6) is -0.0928. The van der Waals surface area contributed by atoms with Crippen LogP contribution in [0.15, 0.2) is 108 Å². The van der Waals surface area contributed by atoms with Crippen LogP contribution in [0, 0.1) is 12.8 Å². The molecule has 0 unspecified atom stereocenters. The standard InChI is InChI=1S/C36H40ClN3O5S/c1-26(2)23-38-36(42)34(22-28-9-6-5-7-10-28)39(24-29-11-8-12-32(21-29)45-4)35(41)25-40(31-17-15-30(37)16-18-31)46(43,44)33-19-13-27(3)14-20-33/h5-21,26,34H,22-25H2,1-4H3,(H,38,42)/t34-/m0/s1. The minimum absolute atomic E-state index is 0.0377. The molecule has 8 nitrogen and oxygen atoms in total. The van der Waals surface area contributed by atoms with E-state index in [1.54, 1.807) is 55.6 Å². The van der Waals surface area contributed by atoms with Gasteiger partial charge in [0, 0.05) is 24.5 Å². The van der Waals surface area contributed by atoms with Gasteiger partial charge >= 0.3 is 0 Å². The zero-order valence-corrected chi connectivity index (χ0v) is 28.1. The van der Waals surface area contributed by atoms with Crippen LogP contribution in [0.25, 0.3) is 0 Å². The summed E-state index contributed by atoms with van der Waals surface area (Å²) in [5.41, 5.74) is 2.75. The first-order valence-electron chi connectivity index (χ1n) is 15.1. The predicted molar refractivity (Wildman–Crippen MR) is 182 cm³/mol. The zero-order valence-electron chi connectivity index (χ0n) is 26.5. The van der Waals surface area contributed by atoms with Crippen molar-refractivity contribution in [1.82, 2.24) is 10.2 Å². The summed E-state index contributed by atoms with van der Waals surface area (Å²) < 4.78 is 34.7. The van der Waals surface area contributed by atoms with Crippen molar-refractivity contribution >= 4 is 39.1 Å². The van der Waals surface area contributed by atoms with E-state index < -0.39 is 28.5 Å². The second-order valence-electron chi connectivity index (χ2n) is 11.5. The summed E-state index contributed by atoms with van der Waals surface area (Å²) in [4.78, 5) is 29.9. The maximum absolute atomic E-state index is 14.5. The van der Waals surface area contributed by atoms with Crippen molar-refractivity contribution in [3.8, 4) is 5.75 Å². The molecular formula is C36H40ClN3O5S. The molecule has 0 aliphatic carbocycles. The number of hydrogen-bond donors (Lipinski definition) is 1. The van der Waals surface area contributed by atoms with Gasteiger partial charge in [0.1, 0.15) is 18.3 Å². The number of nitrogens with one attached hydrogen (secondary N) is 1. The van der Waals surface area contributed by atoms with Crippen LogP contribution in [-0.2, 0) is 32.6 Å². The highest BCUT2D eigenvalue weighted by molar-refractivity contribution is 7.92. The lowest BCUT2D eigenvalue weighted by molar-refractivity contribution is -0.140. The van der Waals surface area contributed by atoms with Crippen LogP contribution < -0.4 is 14.4 Å². The van der Waals surface area contributed by atoms with Gasteiger partial charge in [-0.1, -0.05) is 85.6 Å². The van der Waals surface area contributed by atoms with Gasteiger partial charge in [0.2, 0.25) is 11.8 Å². The number of rotatable bonds is 14. The second-order valence-corrected chi connectivity index (χ2v) is 13.8. The SMILES string of the molecule is COc1cccc(CN(C(=O)CN(c2ccc(Cl)cc2)S(=O)(=O)c2ccc(C)cc2)[C@@H](Cc2ccccc2)C(=O)NCC(C)C)c1. The molecule has 0 saturated carbocycles. The van der Waals surface area contributed by atoms with E-state index in [-0.39, 0.29) is 35.4 Å². The monoisotopic (exact) mass is 661 g/mol. The van der Waals surface area contributed by atoms with Crippen LogP contribution in [0.3, 0.4) is 0 Å². The molecule has 2 amide bonds. The van der Waals surface area contributed by atoms with Crippen LogP contribution in [-0.4, -0.2) is 51.4 Å². The molecule has 46 heavy (non-hydrogen) atoms. The molecule has 0 aromatic heterocycles. The van der Waals surface area contributed by atoms with Gasteiger partial charge in [-0.05, 0) is 72.5 Å². The Balaban J connectivity index is 1.80. The highest BCUT2D eigenvalue weighted by Gasteiger charge is 2.34. The number of benzene rings is 4. The number of sulfonamides is 1. The molecule has 0 fully saturated rings. The fourth-order valence-electron chi connectivity index (χ4n) is 4.92. The summed E-state index contributed by atoms with van der Waals surface area (Å²) in [7, 11) is -2.64. The number of anilines is 1. The number of carbonyl (C=O) groups excluding carboxylic acids is 2. The van der Waals surface area contributed by atoms with E-state index in [1.807, 2.05) is 63.2 Å². The predicted octanol–water partition coefficient (Wildman–Crippen LogP) is 6.26. The van der Waals surface area contributed by atoms with E-state index in [0.717, 1.165) is 21.0 Å². The Hall–Kier alpha value is -4.34. The normalized spacial score (nSPS) is 12.0. The number of hydrogen-bond acceptors (Lipinski definition) is 5. The summed E-state index contributed by atoms with van der Waals surface area (Å²) >= 11 is 6.14. The summed E-state index contributed by atoms with van der Waals surface area (Å²) in [6.45, 7) is 5.76. The number of methoxy groups -OCH3 is 1. The smallest absolute Gasteiger partial charge is 0.264 e. The largest absolute Gasteiger partial charge is 0.497 e. The van der Waals surface area contributed by atoms with Gasteiger partial charge in [0.05, 0.1) is 17.7 Å². The van der Waals surface area contributed by atoms with Crippen molar-refractivity contribution in [3.63, 3.8) is 0 Å². The third kappa shape index (κ3) is 9.11. The Morgan fingerprint density at radius 1 is 0.870 bits per heavy atom. The minimum Gasteiger partial charge on any atom is -0.497 e. The van der Waals surface area contributed by atoms with E-state index in [9.17, 15) is 18.0 Å². The molecule has 1 atom stereocenters. The average Bonchev–Trinajstić information content (AvgIpc) is 3.05.